The molecule has 0 radical (unpaired) electrons. The number of anilines is 1. The van der Waals surface area contributed by atoms with Crippen LogP contribution in [-0.2, 0) is 4.79 Å². The van der Waals surface area contributed by atoms with Crippen LogP contribution in [0.15, 0.2) is 6.20 Å². The van der Waals surface area contributed by atoms with Crippen molar-refractivity contribution in [1.29, 1.82) is 0 Å². The minimum absolute atomic E-state index is 0. The SMILES string of the molecule is CC(C)c1cnc(NC(=O)CCN)s1.Cl. The highest BCUT2D eigenvalue weighted by atomic mass is 35.5. The number of amides is 1. The largest absolute Gasteiger partial charge is 0.330 e. The summed E-state index contributed by atoms with van der Waals surface area (Å²) in [6.07, 6.45) is 2.14. The molecule has 0 aromatic carbocycles. The number of carbonyl (C=O) groups is 1. The van der Waals surface area contributed by atoms with Crippen molar-refractivity contribution in [2.75, 3.05) is 11.9 Å². The summed E-state index contributed by atoms with van der Waals surface area (Å²) in [6.45, 7) is 4.56. The zero-order valence-corrected chi connectivity index (χ0v) is 10.5. The number of nitrogens with two attached hydrogens (primary N) is 1. The van der Waals surface area contributed by atoms with Crippen molar-refractivity contribution in [3.8, 4) is 0 Å². The minimum Gasteiger partial charge on any atom is -0.330 e. The summed E-state index contributed by atoms with van der Waals surface area (Å²) in [5.74, 6) is 0.379. The number of aromatic nitrogens is 1. The van der Waals surface area contributed by atoms with Crippen molar-refractivity contribution in [2.45, 2.75) is 26.2 Å². The maximum atomic E-state index is 11.2. The molecule has 0 aliphatic rings. The summed E-state index contributed by atoms with van der Waals surface area (Å²) in [6, 6.07) is 0. The summed E-state index contributed by atoms with van der Waals surface area (Å²) in [7, 11) is 0. The molecule has 1 aromatic heterocycles. The van der Waals surface area contributed by atoms with Crippen LogP contribution in [0.4, 0.5) is 5.13 Å². The average Bonchev–Trinajstić information content (AvgIpc) is 2.53. The minimum atomic E-state index is -0.0721. The van der Waals surface area contributed by atoms with Crippen LogP contribution in [0, 0.1) is 0 Å². The predicted molar refractivity (Wildman–Crippen MR) is 65.8 cm³/mol. The van der Waals surface area contributed by atoms with Gasteiger partial charge in [-0.1, -0.05) is 13.8 Å². The number of halogens is 1. The molecule has 1 amide bonds. The number of carbonyl (C=O) groups excluding carboxylic acids is 1. The maximum Gasteiger partial charge on any atom is 0.227 e. The Bertz CT molecular complexity index is 314. The molecule has 4 nitrogen and oxygen atoms in total. The van der Waals surface area contributed by atoms with Gasteiger partial charge in [-0.15, -0.1) is 23.7 Å². The van der Waals surface area contributed by atoms with E-state index in [-0.39, 0.29) is 18.3 Å². The summed E-state index contributed by atoms with van der Waals surface area (Å²) in [4.78, 5) is 16.4. The second-order valence-corrected chi connectivity index (χ2v) is 4.37. The second-order valence-electron chi connectivity index (χ2n) is 3.31. The zero-order chi connectivity index (χ0) is 10.6. The van der Waals surface area contributed by atoms with E-state index in [0.717, 1.165) is 0 Å². The van der Waals surface area contributed by atoms with Gasteiger partial charge in [0.25, 0.3) is 0 Å². The molecule has 0 spiro atoms. The summed E-state index contributed by atoms with van der Waals surface area (Å²) < 4.78 is 0. The van der Waals surface area contributed by atoms with Crippen molar-refractivity contribution in [3.05, 3.63) is 11.1 Å². The van der Waals surface area contributed by atoms with E-state index < -0.39 is 0 Å². The van der Waals surface area contributed by atoms with Gasteiger partial charge in [0, 0.05) is 24.0 Å². The van der Waals surface area contributed by atoms with Crippen molar-refractivity contribution in [2.24, 2.45) is 5.73 Å². The van der Waals surface area contributed by atoms with Crippen LogP contribution in [0.2, 0.25) is 0 Å². The molecule has 0 aliphatic heterocycles. The molecular weight excluding hydrogens is 234 g/mol. The van der Waals surface area contributed by atoms with Gasteiger partial charge in [0.15, 0.2) is 5.13 Å². The average molecular weight is 250 g/mol. The molecule has 86 valence electrons. The number of hydrogen-bond acceptors (Lipinski definition) is 4. The third-order valence-corrected chi connectivity index (χ3v) is 2.92. The molecule has 15 heavy (non-hydrogen) atoms. The molecule has 0 fully saturated rings. The highest BCUT2D eigenvalue weighted by Crippen LogP contribution is 2.24. The third-order valence-electron chi connectivity index (χ3n) is 1.71. The normalized spacial score (nSPS) is 9.87. The fraction of sp³-hybridized carbons (Fsp3) is 0.556. The van der Waals surface area contributed by atoms with E-state index in [1.54, 1.807) is 6.20 Å². The van der Waals surface area contributed by atoms with Gasteiger partial charge >= 0.3 is 0 Å². The number of thiazole rings is 1. The van der Waals surface area contributed by atoms with Crippen LogP contribution in [0.25, 0.3) is 0 Å². The van der Waals surface area contributed by atoms with E-state index in [9.17, 15) is 4.79 Å². The Kier molecular flexibility index (Phi) is 6.47. The van der Waals surface area contributed by atoms with Gasteiger partial charge in [0.1, 0.15) is 0 Å². The van der Waals surface area contributed by atoms with Gasteiger partial charge in [0.05, 0.1) is 0 Å². The van der Waals surface area contributed by atoms with Gasteiger partial charge in [-0.3, -0.25) is 4.79 Å². The quantitative estimate of drug-likeness (QED) is 0.857. The van der Waals surface area contributed by atoms with Crippen molar-refractivity contribution < 1.29 is 4.79 Å². The lowest BCUT2D eigenvalue weighted by atomic mass is 10.2. The van der Waals surface area contributed by atoms with Crippen LogP contribution >= 0.6 is 23.7 Å². The standard InChI is InChI=1S/C9H15N3OS.ClH/c1-6(2)7-5-11-9(14-7)12-8(13)3-4-10;/h5-6H,3-4,10H2,1-2H3,(H,11,12,13);1H. The zero-order valence-electron chi connectivity index (χ0n) is 8.82. The first-order chi connectivity index (χ1) is 6.63. The fourth-order valence-corrected chi connectivity index (χ4v) is 1.76. The van der Waals surface area contributed by atoms with Crippen molar-refractivity contribution >= 4 is 34.8 Å². The van der Waals surface area contributed by atoms with Gasteiger partial charge in [-0.25, -0.2) is 4.98 Å². The highest BCUT2D eigenvalue weighted by molar-refractivity contribution is 7.15. The third kappa shape index (κ3) is 4.59. The number of hydrogen-bond donors (Lipinski definition) is 2. The molecule has 3 N–H and O–H groups in total. The topological polar surface area (TPSA) is 68.0 Å². The molecule has 1 rings (SSSR count). The summed E-state index contributed by atoms with van der Waals surface area (Å²) in [5, 5.41) is 3.37. The van der Waals surface area contributed by atoms with Crippen molar-refractivity contribution in [3.63, 3.8) is 0 Å². The summed E-state index contributed by atoms with van der Waals surface area (Å²) in [5.41, 5.74) is 5.26. The Morgan fingerprint density at radius 3 is 2.80 bits per heavy atom. The maximum absolute atomic E-state index is 11.2. The molecule has 0 saturated carbocycles. The molecule has 0 bridgehead atoms. The molecule has 0 aliphatic carbocycles. The van der Waals surface area contributed by atoms with Crippen LogP contribution < -0.4 is 11.1 Å². The summed E-state index contributed by atoms with van der Waals surface area (Å²) >= 11 is 1.51. The molecule has 6 heteroatoms. The molecular formula is C9H16ClN3OS. The van der Waals surface area contributed by atoms with Gasteiger partial charge in [0.2, 0.25) is 5.91 Å². The van der Waals surface area contributed by atoms with E-state index in [4.69, 9.17) is 5.73 Å². The first-order valence-corrected chi connectivity index (χ1v) is 5.40. The van der Waals surface area contributed by atoms with E-state index in [1.165, 1.54) is 16.2 Å². The molecule has 1 heterocycles. The second kappa shape index (κ2) is 6.76. The van der Waals surface area contributed by atoms with Crippen LogP contribution in [-0.4, -0.2) is 17.4 Å². The molecule has 0 unspecified atom stereocenters. The molecule has 0 atom stereocenters. The van der Waals surface area contributed by atoms with E-state index in [2.05, 4.69) is 24.1 Å². The van der Waals surface area contributed by atoms with Crippen molar-refractivity contribution in [1.82, 2.24) is 4.98 Å². The van der Waals surface area contributed by atoms with Crippen LogP contribution in [0.3, 0.4) is 0 Å². The van der Waals surface area contributed by atoms with Gasteiger partial charge < -0.3 is 11.1 Å². The van der Waals surface area contributed by atoms with Crippen LogP contribution in [0.5, 0.6) is 0 Å². The lowest BCUT2D eigenvalue weighted by molar-refractivity contribution is -0.116. The van der Waals surface area contributed by atoms with Gasteiger partial charge in [-0.2, -0.15) is 0 Å². The van der Waals surface area contributed by atoms with Gasteiger partial charge in [-0.05, 0) is 5.92 Å². The Morgan fingerprint density at radius 2 is 2.33 bits per heavy atom. The smallest absolute Gasteiger partial charge is 0.227 e. The number of nitrogens with zero attached hydrogens (tertiary/aromatic N) is 1. The highest BCUT2D eigenvalue weighted by Gasteiger charge is 2.07. The fourth-order valence-electron chi connectivity index (χ4n) is 0.924. The Hall–Kier alpha value is -0.650. The number of rotatable bonds is 4. The molecule has 1 aromatic rings. The first kappa shape index (κ1) is 14.3. The predicted octanol–water partition coefficient (Wildman–Crippen LogP) is 1.98. The molecule has 0 saturated heterocycles. The van der Waals surface area contributed by atoms with Crippen LogP contribution in [0.1, 0.15) is 31.1 Å². The lowest BCUT2D eigenvalue weighted by Gasteiger charge is -1.99. The Labute approximate surface area is 99.7 Å². The monoisotopic (exact) mass is 249 g/mol. The Balaban J connectivity index is 0.00000196. The number of nitrogens with one attached hydrogen (secondary N) is 1. The Morgan fingerprint density at radius 1 is 1.67 bits per heavy atom. The van der Waals surface area contributed by atoms with E-state index in [0.29, 0.717) is 24.0 Å². The first-order valence-electron chi connectivity index (χ1n) is 4.59. The lowest BCUT2D eigenvalue weighted by Crippen LogP contribution is -2.15. The van der Waals surface area contributed by atoms with E-state index in [1.807, 2.05) is 0 Å². The van der Waals surface area contributed by atoms with E-state index >= 15 is 0 Å².